The second-order valence-electron chi connectivity index (χ2n) is 7.15. The zero-order valence-electron chi connectivity index (χ0n) is 12.8. The zero-order valence-corrected chi connectivity index (χ0v) is 13.6. The van der Waals surface area contributed by atoms with Crippen LogP contribution in [-0.4, -0.2) is 10.2 Å². The summed E-state index contributed by atoms with van der Waals surface area (Å²) in [4.78, 5) is 15.5. The van der Waals surface area contributed by atoms with Crippen molar-refractivity contribution < 1.29 is 9.18 Å². The van der Waals surface area contributed by atoms with Gasteiger partial charge >= 0.3 is 0 Å². The van der Waals surface area contributed by atoms with E-state index in [1.54, 1.807) is 12.1 Å². The molecule has 1 aromatic heterocycles. The highest BCUT2D eigenvalue weighted by Crippen LogP contribution is 2.53. The number of hydrogen-bond acceptors (Lipinski definition) is 2. The maximum atomic E-state index is 13.6. The number of nitrogens with zero attached hydrogens (tertiary/aromatic N) is 1. The smallest absolute Gasteiger partial charge is 0.221 e. The molecule has 0 saturated heterocycles. The first kappa shape index (κ1) is 15.1. The van der Waals surface area contributed by atoms with Crippen LogP contribution >= 0.6 is 11.6 Å². The number of fused-ring (bicyclic) bond motifs is 2. The number of carbonyl (C=O) groups excluding carboxylic acids is 1. The molecule has 0 N–H and O–H groups in total. The van der Waals surface area contributed by atoms with Crippen LogP contribution in [0.3, 0.4) is 0 Å². The minimum absolute atomic E-state index is 0.203. The van der Waals surface area contributed by atoms with Crippen molar-refractivity contribution in [2.45, 2.75) is 38.0 Å². The Hall–Kier alpha value is -1.48. The van der Waals surface area contributed by atoms with Crippen LogP contribution in [0.25, 0.3) is 10.9 Å². The van der Waals surface area contributed by atoms with E-state index in [2.05, 4.69) is 4.98 Å². The van der Waals surface area contributed by atoms with Crippen molar-refractivity contribution in [3.63, 3.8) is 0 Å². The van der Waals surface area contributed by atoms with Gasteiger partial charge in [-0.15, -0.1) is 0 Å². The van der Waals surface area contributed by atoms with Gasteiger partial charge in [-0.05, 0) is 90.8 Å². The Kier molecular flexibility index (Phi) is 3.84. The van der Waals surface area contributed by atoms with Crippen molar-refractivity contribution in [3.8, 4) is 0 Å². The van der Waals surface area contributed by atoms with E-state index in [-0.39, 0.29) is 11.1 Å². The summed E-state index contributed by atoms with van der Waals surface area (Å²) in [7, 11) is 0. The summed E-state index contributed by atoms with van der Waals surface area (Å²) >= 11 is 5.54. The van der Waals surface area contributed by atoms with Crippen LogP contribution in [-0.2, 0) is 4.79 Å². The molecular weight excluding hydrogens is 313 g/mol. The zero-order chi connectivity index (χ0) is 16.0. The molecule has 4 heteroatoms. The fourth-order valence-electron chi connectivity index (χ4n) is 4.89. The molecule has 0 aliphatic heterocycles. The van der Waals surface area contributed by atoms with Gasteiger partial charge in [0.2, 0.25) is 5.24 Å². The van der Waals surface area contributed by atoms with Crippen molar-refractivity contribution in [3.05, 3.63) is 41.8 Å². The maximum absolute atomic E-state index is 13.6. The summed E-state index contributed by atoms with van der Waals surface area (Å²) in [5.41, 5.74) is 2.10. The van der Waals surface area contributed by atoms with E-state index < -0.39 is 0 Å². The Balaban J connectivity index is 1.56. The van der Waals surface area contributed by atoms with Crippen molar-refractivity contribution >= 4 is 27.7 Å². The number of pyridine rings is 1. The lowest BCUT2D eigenvalue weighted by Gasteiger charge is -2.16. The van der Waals surface area contributed by atoms with Gasteiger partial charge in [-0.1, -0.05) is 0 Å². The third-order valence-corrected chi connectivity index (χ3v) is 5.89. The van der Waals surface area contributed by atoms with Crippen LogP contribution in [0, 0.1) is 23.6 Å². The molecule has 0 amide bonds. The minimum Gasteiger partial charge on any atom is -0.281 e. The largest absolute Gasteiger partial charge is 0.281 e. The van der Waals surface area contributed by atoms with Gasteiger partial charge in [0.1, 0.15) is 5.82 Å². The number of hydrogen-bond donors (Lipinski definition) is 0. The van der Waals surface area contributed by atoms with Crippen LogP contribution in [0.4, 0.5) is 4.39 Å². The maximum Gasteiger partial charge on any atom is 0.221 e. The first-order valence-electron chi connectivity index (χ1n) is 8.32. The average Bonchev–Trinajstić information content (AvgIpc) is 3.04. The second-order valence-corrected chi connectivity index (χ2v) is 7.57. The highest BCUT2D eigenvalue weighted by molar-refractivity contribution is 6.63. The van der Waals surface area contributed by atoms with Gasteiger partial charge in [-0.2, -0.15) is 0 Å². The first-order chi connectivity index (χ1) is 11.1. The molecule has 0 radical (unpaired) electrons. The lowest BCUT2D eigenvalue weighted by molar-refractivity contribution is -0.112. The van der Waals surface area contributed by atoms with Gasteiger partial charge in [0.15, 0.2) is 0 Å². The molecule has 2 nitrogen and oxygen atoms in total. The highest BCUT2D eigenvalue weighted by atomic mass is 35.5. The van der Waals surface area contributed by atoms with Crippen molar-refractivity contribution in [1.82, 2.24) is 4.98 Å². The summed E-state index contributed by atoms with van der Waals surface area (Å²) in [5.74, 6) is 2.09. The molecule has 4 rings (SSSR count). The second kappa shape index (κ2) is 5.86. The van der Waals surface area contributed by atoms with Crippen molar-refractivity contribution in [2.24, 2.45) is 17.8 Å². The predicted octanol–water partition coefficient (Wildman–Crippen LogP) is 5.05. The molecule has 23 heavy (non-hydrogen) atoms. The summed E-state index contributed by atoms with van der Waals surface area (Å²) in [6.07, 6.45) is 6.83. The average molecular weight is 332 g/mol. The Labute approximate surface area is 140 Å². The number of benzene rings is 1. The molecule has 0 spiro atoms. The molecule has 2 aromatic rings. The Bertz CT molecular complexity index is 748. The van der Waals surface area contributed by atoms with Crippen LogP contribution < -0.4 is 0 Å². The Morgan fingerprint density at radius 3 is 2.61 bits per heavy atom. The topological polar surface area (TPSA) is 30.0 Å². The van der Waals surface area contributed by atoms with E-state index in [0.29, 0.717) is 30.1 Å². The van der Waals surface area contributed by atoms with Gasteiger partial charge in [0.25, 0.3) is 0 Å². The number of aromatic nitrogens is 1. The van der Waals surface area contributed by atoms with E-state index in [4.69, 9.17) is 11.6 Å². The fraction of sp³-hybridized carbons (Fsp3) is 0.474. The van der Waals surface area contributed by atoms with Crippen LogP contribution in [0.1, 0.15) is 43.6 Å². The molecule has 1 aromatic carbocycles. The molecule has 1 unspecified atom stereocenters. The van der Waals surface area contributed by atoms with E-state index in [9.17, 15) is 9.18 Å². The van der Waals surface area contributed by atoms with Crippen molar-refractivity contribution in [1.29, 1.82) is 0 Å². The molecule has 4 atom stereocenters. The highest BCUT2D eigenvalue weighted by Gasteiger charge is 2.42. The quantitative estimate of drug-likeness (QED) is 0.737. The van der Waals surface area contributed by atoms with Gasteiger partial charge in [0, 0.05) is 18.0 Å². The minimum atomic E-state index is -0.206. The van der Waals surface area contributed by atoms with E-state index >= 15 is 0 Å². The van der Waals surface area contributed by atoms with E-state index in [1.807, 2.05) is 12.3 Å². The number of halogens is 2. The molecule has 120 valence electrons. The third kappa shape index (κ3) is 2.87. The molecule has 2 fully saturated rings. The molecular formula is C19H19ClFNO. The van der Waals surface area contributed by atoms with E-state index in [0.717, 1.165) is 36.6 Å². The number of carbonyl (C=O) groups is 1. The third-order valence-electron chi connectivity index (χ3n) is 5.74. The lowest BCUT2D eigenvalue weighted by Crippen LogP contribution is -2.04. The summed E-state index contributed by atoms with van der Waals surface area (Å²) < 4.78 is 13.6. The van der Waals surface area contributed by atoms with Gasteiger partial charge in [0.05, 0.1) is 5.52 Å². The molecule has 0 bridgehead atoms. The van der Waals surface area contributed by atoms with Crippen molar-refractivity contribution in [2.75, 3.05) is 0 Å². The molecule has 2 aliphatic rings. The van der Waals surface area contributed by atoms with Gasteiger partial charge in [-0.3, -0.25) is 9.78 Å². The summed E-state index contributed by atoms with van der Waals surface area (Å²) in [6, 6.07) is 6.89. The standard InChI is InChI=1S/C19H19ClFNO/c20-19(23)7-11-5-12-8-14(9-13(12)6-11)16-3-4-22-18-2-1-15(21)10-17(16)18/h1-4,10-14H,5-9H2/t11-,12-,13+,14?. The molecule has 2 aliphatic carbocycles. The Morgan fingerprint density at radius 2 is 1.91 bits per heavy atom. The Morgan fingerprint density at radius 1 is 1.17 bits per heavy atom. The molecule has 1 heterocycles. The summed E-state index contributed by atoms with van der Waals surface area (Å²) in [6.45, 7) is 0. The van der Waals surface area contributed by atoms with Crippen LogP contribution in [0.2, 0.25) is 0 Å². The molecule has 2 saturated carbocycles. The van der Waals surface area contributed by atoms with Crippen LogP contribution in [0.5, 0.6) is 0 Å². The predicted molar refractivity (Wildman–Crippen MR) is 88.9 cm³/mol. The van der Waals surface area contributed by atoms with E-state index in [1.165, 1.54) is 11.6 Å². The fourth-order valence-corrected chi connectivity index (χ4v) is 5.10. The SMILES string of the molecule is O=C(Cl)C[C@H]1C[C@H]2CC(c3ccnc4ccc(F)cc34)C[C@H]2C1. The van der Waals surface area contributed by atoms with Crippen LogP contribution in [0.15, 0.2) is 30.5 Å². The number of rotatable bonds is 3. The normalized spacial score (nSPS) is 29.8. The summed E-state index contributed by atoms with van der Waals surface area (Å²) in [5, 5.41) is 0.743. The van der Waals surface area contributed by atoms with Gasteiger partial charge < -0.3 is 0 Å². The lowest BCUT2D eigenvalue weighted by atomic mass is 9.90. The first-order valence-corrected chi connectivity index (χ1v) is 8.70. The van der Waals surface area contributed by atoms with Gasteiger partial charge in [-0.25, -0.2) is 4.39 Å². The monoisotopic (exact) mass is 331 g/mol.